The molecule has 0 aliphatic carbocycles. The molecule has 0 aliphatic heterocycles. The molecule has 0 radical (unpaired) electrons. The Morgan fingerprint density at radius 2 is 1.75 bits per heavy atom. The molecule has 28 heavy (non-hydrogen) atoms. The first-order valence-electron chi connectivity index (χ1n) is 9.30. The SMILES string of the molecule is CCc1sc2nc(SCc3ccccc3C)nc(Cl)c2c1-c1ccc(C)cc1. The molecule has 0 saturated heterocycles. The third kappa shape index (κ3) is 3.82. The zero-order valence-electron chi connectivity index (χ0n) is 16.1. The van der Waals surface area contributed by atoms with Gasteiger partial charge in [-0.2, -0.15) is 0 Å². The van der Waals surface area contributed by atoms with Gasteiger partial charge in [0.25, 0.3) is 0 Å². The standard InChI is InChI=1S/C23H21ClN2S2/c1-4-18-19(16-11-9-14(2)10-12-16)20-21(24)25-23(26-22(20)28-18)27-13-17-8-6-5-7-15(17)3/h5-12H,4,13H2,1-3H3. The number of fused-ring (bicyclic) bond motifs is 1. The van der Waals surface area contributed by atoms with Gasteiger partial charge in [-0.15, -0.1) is 11.3 Å². The predicted molar refractivity (Wildman–Crippen MR) is 123 cm³/mol. The van der Waals surface area contributed by atoms with E-state index < -0.39 is 0 Å². The first kappa shape index (κ1) is 19.4. The molecule has 0 spiro atoms. The lowest BCUT2D eigenvalue weighted by atomic mass is 10.0. The summed E-state index contributed by atoms with van der Waals surface area (Å²) in [4.78, 5) is 11.7. The number of thiophene rings is 1. The molecule has 2 nitrogen and oxygen atoms in total. The van der Waals surface area contributed by atoms with E-state index in [1.165, 1.54) is 32.7 Å². The van der Waals surface area contributed by atoms with Crippen molar-refractivity contribution in [1.29, 1.82) is 0 Å². The summed E-state index contributed by atoms with van der Waals surface area (Å²) in [6.45, 7) is 6.41. The average molecular weight is 425 g/mol. The molecule has 0 bridgehead atoms. The highest BCUT2D eigenvalue weighted by Gasteiger charge is 2.19. The predicted octanol–water partition coefficient (Wildman–Crippen LogP) is 7.48. The average Bonchev–Trinajstić information content (AvgIpc) is 3.07. The van der Waals surface area contributed by atoms with Crippen LogP contribution in [0.25, 0.3) is 21.3 Å². The number of aryl methyl sites for hydroxylation is 3. The molecular formula is C23H21ClN2S2. The normalized spacial score (nSPS) is 11.3. The van der Waals surface area contributed by atoms with Gasteiger partial charge in [-0.25, -0.2) is 9.97 Å². The summed E-state index contributed by atoms with van der Waals surface area (Å²) >= 11 is 10.0. The van der Waals surface area contributed by atoms with Crippen molar-refractivity contribution in [3.05, 3.63) is 75.3 Å². The maximum atomic E-state index is 6.67. The Balaban J connectivity index is 1.73. The number of nitrogens with zero attached hydrogens (tertiary/aromatic N) is 2. The largest absolute Gasteiger partial charge is 0.211 e. The van der Waals surface area contributed by atoms with Gasteiger partial charge in [-0.3, -0.25) is 0 Å². The maximum Gasteiger partial charge on any atom is 0.190 e. The van der Waals surface area contributed by atoms with Gasteiger partial charge in [0.1, 0.15) is 9.98 Å². The van der Waals surface area contributed by atoms with E-state index in [4.69, 9.17) is 16.6 Å². The lowest BCUT2D eigenvalue weighted by molar-refractivity contribution is 1.01. The lowest BCUT2D eigenvalue weighted by Gasteiger charge is -2.07. The van der Waals surface area contributed by atoms with Crippen LogP contribution in [0.3, 0.4) is 0 Å². The monoisotopic (exact) mass is 424 g/mol. The molecule has 2 aromatic carbocycles. The minimum Gasteiger partial charge on any atom is -0.211 e. The van der Waals surface area contributed by atoms with Crippen LogP contribution >= 0.6 is 34.7 Å². The van der Waals surface area contributed by atoms with E-state index in [9.17, 15) is 0 Å². The number of hydrogen-bond donors (Lipinski definition) is 0. The zero-order chi connectivity index (χ0) is 19.7. The third-order valence-electron chi connectivity index (χ3n) is 4.84. The first-order valence-corrected chi connectivity index (χ1v) is 11.5. The lowest BCUT2D eigenvalue weighted by Crippen LogP contribution is -1.91. The van der Waals surface area contributed by atoms with Crippen LogP contribution in [0.5, 0.6) is 0 Å². The second-order valence-corrected chi connectivity index (χ2v) is 9.20. The van der Waals surface area contributed by atoms with Crippen molar-refractivity contribution in [2.75, 3.05) is 0 Å². The van der Waals surface area contributed by atoms with Crippen LogP contribution in [-0.4, -0.2) is 9.97 Å². The maximum absolute atomic E-state index is 6.67. The molecule has 0 atom stereocenters. The van der Waals surface area contributed by atoms with Crippen molar-refractivity contribution in [1.82, 2.24) is 9.97 Å². The minimum atomic E-state index is 0.545. The third-order valence-corrected chi connectivity index (χ3v) is 7.24. The van der Waals surface area contributed by atoms with Gasteiger partial charge in [0, 0.05) is 16.2 Å². The van der Waals surface area contributed by atoms with Gasteiger partial charge in [-0.1, -0.05) is 84.4 Å². The molecule has 2 heterocycles. The summed E-state index contributed by atoms with van der Waals surface area (Å²) in [7, 11) is 0. The first-order chi connectivity index (χ1) is 13.6. The fraction of sp³-hybridized carbons (Fsp3) is 0.217. The molecule has 0 fully saturated rings. The Morgan fingerprint density at radius 3 is 2.46 bits per heavy atom. The summed E-state index contributed by atoms with van der Waals surface area (Å²) in [5.41, 5.74) is 6.20. The second kappa shape index (κ2) is 8.24. The number of hydrogen-bond acceptors (Lipinski definition) is 4. The Morgan fingerprint density at radius 1 is 1.00 bits per heavy atom. The number of benzene rings is 2. The van der Waals surface area contributed by atoms with Crippen LogP contribution in [0.15, 0.2) is 53.7 Å². The van der Waals surface area contributed by atoms with Crippen molar-refractivity contribution >= 4 is 44.9 Å². The van der Waals surface area contributed by atoms with Crippen LogP contribution in [0.4, 0.5) is 0 Å². The Hall–Kier alpha value is -1.88. The van der Waals surface area contributed by atoms with Crippen molar-refractivity contribution in [3.8, 4) is 11.1 Å². The Bertz CT molecular complexity index is 1130. The summed E-state index contributed by atoms with van der Waals surface area (Å²) in [6.07, 6.45) is 0.951. The van der Waals surface area contributed by atoms with Crippen LogP contribution < -0.4 is 0 Å². The van der Waals surface area contributed by atoms with Crippen LogP contribution in [0.2, 0.25) is 5.15 Å². The van der Waals surface area contributed by atoms with Gasteiger partial charge >= 0.3 is 0 Å². The molecule has 5 heteroatoms. The van der Waals surface area contributed by atoms with E-state index in [0.29, 0.717) is 5.15 Å². The van der Waals surface area contributed by atoms with Gasteiger partial charge in [-0.05, 0) is 37.0 Å². The number of aromatic nitrogens is 2. The molecule has 0 N–H and O–H groups in total. The van der Waals surface area contributed by atoms with Crippen LogP contribution in [0, 0.1) is 13.8 Å². The van der Waals surface area contributed by atoms with E-state index in [0.717, 1.165) is 27.5 Å². The summed E-state index contributed by atoms with van der Waals surface area (Å²) in [5, 5.41) is 2.26. The fourth-order valence-corrected chi connectivity index (χ4v) is 5.72. The van der Waals surface area contributed by atoms with Gasteiger partial charge in [0.2, 0.25) is 0 Å². The van der Waals surface area contributed by atoms with Gasteiger partial charge in [0.05, 0.1) is 5.39 Å². The summed E-state index contributed by atoms with van der Waals surface area (Å²) < 4.78 is 0. The molecule has 4 aromatic rings. The molecule has 2 aromatic heterocycles. The zero-order valence-corrected chi connectivity index (χ0v) is 18.5. The molecule has 0 unspecified atom stereocenters. The van der Waals surface area contributed by atoms with Gasteiger partial charge in [0.15, 0.2) is 5.16 Å². The van der Waals surface area contributed by atoms with Crippen LogP contribution in [-0.2, 0) is 12.2 Å². The van der Waals surface area contributed by atoms with Crippen molar-refractivity contribution < 1.29 is 0 Å². The quantitative estimate of drug-likeness (QED) is 0.188. The van der Waals surface area contributed by atoms with Crippen molar-refractivity contribution in [2.45, 2.75) is 38.1 Å². The van der Waals surface area contributed by atoms with Crippen molar-refractivity contribution in [3.63, 3.8) is 0 Å². The van der Waals surface area contributed by atoms with Gasteiger partial charge < -0.3 is 0 Å². The Labute approximate surface area is 179 Å². The van der Waals surface area contributed by atoms with Crippen LogP contribution in [0.1, 0.15) is 28.5 Å². The highest BCUT2D eigenvalue weighted by Crippen LogP contribution is 2.42. The number of rotatable bonds is 5. The van der Waals surface area contributed by atoms with E-state index in [2.05, 4.69) is 74.3 Å². The highest BCUT2D eigenvalue weighted by molar-refractivity contribution is 7.98. The summed E-state index contributed by atoms with van der Waals surface area (Å²) in [5.74, 6) is 0.839. The van der Waals surface area contributed by atoms with E-state index in [1.54, 1.807) is 23.1 Å². The topological polar surface area (TPSA) is 25.8 Å². The fourth-order valence-electron chi connectivity index (χ4n) is 3.24. The molecule has 142 valence electrons. The molecule has 0 amide bonds. The van der Waals surface area contributed by atoms with E-state index in [1.807, 2.05) is 0 Å². The minimum absolute atomic E-state index is 0.545. The molecule has 4 rings (SSSR count). The number of halogens is 1. The summed E-state index contributed by atoms with van der Waals surface area (Å²) in [6, 6.07) is 17.0. The van der Waals surface area contributed by atoms with Crippen molar-refractivity contribution in [2.24, 2.45) is 0 Å². The smallest absolute Gasteiger partial charge is 0.190 e. The number of thioether (sulfide) groups is 1. The molecule has 0 aliphatic rings. The highest BCUT2D eigenvalue weighted by atomic mass is 35.5. The molecular weight excluding hydrogens is 404 g/mol. The second-order valence-electron chi connectivity index (χ2n) is 6.81. The molecule has 0 saturated carbocycles. The van der Waals surface area contributed by atoms with E-state index >= 15 is 0 Å². The Kier molecular flexibility index (Phi) is 5.72. The van der Waals surface area contributed by atoms with E-state index in [-0.39, 0.29) is 0 Å².